The molecule has 0 amide bonds. The molecule has 0 radical (unpaired) electrons. The Morgan fingerprint density at radius 1 is 1.39 bits per heavy atom. The van der Waals surface area contributed by atoms with Gasteiger partial charge in [0.1, 0.15) is 5.75 Å². The van der Waals surface area contributed by atoms with Gasteiger partial charge in [0, 0.05) is 6.42 Å². The van der Waals surface area contributed by atoms with E-state index < -0.39 is 5.97 Å². The maximum atomic E-state index is 10.5. The van der Waals surface area contributed by atoms with Gasteiger partial charge in [-0.1, -0.05) is 19.9 Å². The Bertz CT molecular complexity index is 397. The lowest BCUT2D eigenvalue weighted by Gasteiger charge is -2.14. The smallest absolute Gasteiger partial charge is 0.303 e. The van der Waals surface area contributed by atoms with Gasteiger partial charge in [-0.15, -0.1) is 0 Å². The van der Waals surface area contributed by atoms with Gasteiger partial charge in [-0.05, 0) is 48.9 Å². The Morgan fingerprint density at radius 3 is 2.67 bits per heavy atom. The Morgan fingerprint density at radius 2 is 2.11 bits per heavy atom. The lowest BCUT2D eigenvalue weighted by molar-refractivity contribution is -0.137. The molecule has 18 heavy (non-hydrogen) atoms. The highest BCUT2D eigenvalue weighted by atomic mass is 16.5. The van der Waals surface area contributed by atoms with Crippen LogP contribution in [0.25, 0.3) is 0 Å². The number of carboxylic acid groups (broad SMARTS) is 1. The Kier molecular flexibility index (Phi) is 5.69. The van der Waals surface area contributed by atoms with E-state index in [0.29, 0.717) is 18.9 Å². The summed E-state index contributed by atoms with van der Waals surface area (Å²) in [6.07, 6.45) is 1.72. The van der Waals surface area contributed by atoms with Gasteiger partial charge in [-0.3, -0.25) is 4.79 Å². The van der Waals surface area contributed by atoms with Crippen molar-refractivity contribution in [2.75, 3.05) is 6.61 Å². The molecular formula is C15H22O3. The maximum absolute atomic E-state index is 10.5. The number of aryl methyl sites for hydroxylation is 1. The topological polar surface area (TPSA) is 46.5 Å². The fraction of sp³-hybridized carbons (Fsp3) is 0.533. The lowest BCUT2D eigenvalue weighted by Crippen LogP contribution is -2.01. The third kappa shape index (κ3) is 4.40. The molecule has 0 saturated carbocycles. The zero-order valence-corrected chi connectivity index (χ0v) is 11.4. The van der Waals surface area contributed by atoms with Crippen molar-refractivity contribution in [2.24, 2.45) is 0 Å². The molecule has 0 fully saturated rings. The van der Waals surface area contributed by atoms with Gasteiger partial charge in [-0.25, -0.2) is 0 Å². The molecule has 3 nitrogen and oxygen atoms in total. The minimum atomic E-state index is -0.730. The lowest BCUT2D eigenvalue weighted by atomic mass is 9.94. The Balaban J connectivity index is 2.79. The third-order valence-electron chi connectivity index (χ3n) is 2.89. The molecule has 0 bridgehead atoms. The first-order valence-electron chi connectivity index (χ1n) is 6.52. The van der Waals surface area contributed by atoms with Crippen LogP contribution >= 0.6 is 0 Å². The van der Waals surface area contributed by atoms with Gasteiger partial charge in [0.15, 0.2) is 0 Å². The molecule has 1 aromatic rings. The Hall–Kier alpha value is -1.51. The standard InChI is InChI=1S/C15H22O3/c1-4-18-13-9-8-12(6-5-7-15(16)17)14(10-13)11(2)3/h8-11H,4-7H2,1-3H3,(H,16,17). The summed E-state index contributed by atoms with van der Waals surface area (Å²) >= 11 is 0. The summed E-state index contributed by atoms with van der Waals surface area (Å²) in [6.45, 7) is 6.92. The van der Waals surface area contributed by atoms with Crippen molar-refractivity contribution >= 4 is 5.97 Å². The van der Waals surface area contributed by atoms with Crippen LogP contribution in [-0.2, 0) is 11.2 Å². The van der Waals surface area contributed by atoms with Crippen LogP contribution in [0.1, 0.15) is 50.7 Å². The average molecular weight is 250 g/mol. The summed E-state index contributed by atoms with van der Waals surface area (Å²) in [6, 6.07) is 6.10. The van der Waals surface area contributed by atoms with Crippen molar-refractivity contribution in [3.8, 4) is 5.75 Å². The zero-order valence-electron chi connectivity index (χ0n) is 11.4. The summed E-state index contributed by atoms with van der Waals surface area (Å²) in [5.74, 6) is 0.584. The summed E-state index contributed by atoms with van der Waals surface area (Å²) < 4.78 is 5.50. The number of rotatable bonds is 7. The van der Waals surface area contributed by atoms with Gasteiger partial charge < -0.3 is 9.84 Å². The summed E-state index contributed by atoms with van der Waals surface area (Å²) in [5, 5.41) is 8.66. The average Bonchev–Trinajstić information content (AvgIpc) is 2.30. The number of hydrogen-bond acceptors (Lipinski definition) is 2. The van der Waals surface area contributed by atoms with E-state index in [1.165, 1.54) is 11.1 Å². The number of aliphatic carboxylic acids is 1. The van der Waals surface area contributed by atoms with E-state index in [1.807, 2.05) is 13.0 Å². The second-order valence-corrected chi connectivity index (χ2v) is 4.70. The Labute approximate surface area is 109 Å². The van der Waals surface area contributed by atoms with Gasteiger partial charge >= 0.3 is 5.97 Å². The van der Waals surface area contributed by atoms with Crippen LogP contribution in [0.5, 0.6) is 5.75 Å². The summed E-state index contributed by atoms with van der Waals surface area (Å²) in [7, 11) is 0. The van der Waals surface area contributed by atoms with E-state index >= 15 is 0 Å². The molecule has 1 N–H and O–H groups in total. The number of ether oxygens (including phenoxy) is 1. The molecule has 0 aliphatic carbocycles. The molecule has 3 heteroatoms. The van der Waals surface area contributed by atoms with Gasteiger partial charge in [-0.2, -0.15) is 0 Å². The van der Waals surface area contributed by atoms with E-state index in [2.05, 4.69) is 26.0 Å². The van der Waals surface area contributed by atoms with Crippen molar-refractivity contribution in [1.82, 2.24) is 0 Å². The normalized spacial score (nSPS) is 10.7. The number of benzene rings is 1. The SMILES string of the molecule is CCOc1ccc(CCCC(=O)O)c(C(C)C)c1. The van der Waals surface area contributed by atoms with Gasteiger partial charge in [0.05, 0.1) is 6.61 Å². The first-order valence-corrected chi connectivity index (χ1v) is 6.52. The highest BCUT2D eigenvalue weighted by Crippen LogP contribution is 2.26. The quantitative estimate of drug-likeness (QED) is 0.804. The first-order chi connectivity index (χ1) is 8.54. The highest BCUT2D eigenvalue weighted by Gasteiger charge is 2.09. The molecular weight excluding hydrogens is 228 g/mol. The predicted molar refractivity (Wildman–Crippen MR) is 72.3 cm³/mol. The predicted octanol–water partition coefficient (Wildman–Crippen LogP) is 3.62. The fourth-order valence-corrected chi connectivity index (χ4v) is 2.02. The van der Waals surface area contributed by atoms with Crippen LogP contribution in [0.15, 0.2) is 18.2 Å². The van der Waals surface area contributed by atoms with Crippen LogP contribution in [0, 0.1) is 0 Å². The van der Waals surface area contributed by atoms with Crippen molar-refractivity contribution in [1.29, 1.82) is 0 Å². The number of carbonyl (C=O) groups is 1. The minimum Gasteiger partial charge on any atom is -0.494 e. The molecule has 100 valence electrons. The monoisotopic (exact) mass is 250 g/mol. The zero-order chi connectivity index (χ0) is 13.5. The second-order valence-electron chi connectivity index (χ2n) is 4.70. The van der Waals surface area contributed by atoms with Gasteiger partial charge in [0.25, 0.3) is 0 Å². The second kappa shape index (κ2) is 7.04. The molecule has 0 heterocycles. The number of carboxylic acids is 1. The van der Waals surface area contributed by atoms with Crippen molar-refractivity contribution in [2.45, 2.75) is 46.0 Å². The first kappa shape index (κ1) is 14.6. The van der Waals surface area contributed by atoms with Crippen LogP contribution in [-0.4, -0.2) is 17.7 Å². The van der Waals surface area contributed by atoms with E-state index in [4.69, 9.17) is 9.84 Å². The van der Waals surface area contributed by atoms with Crippen LogP contribution in [0.3, 0.4) is 0 Å². The van der Waals surface area contributed by atoms with E-state index in [-0.39, 0.29) is 6.42 Å². The van der Waals surface area contributed by atoms with Crippen molar-refractivity contribution in [3.05, 3.63) is 29.3 Å². The molecule has 0 spiro atoms. The van der Waals surface area contributed by atoms with Crippen molar-refractivity contribution < 1.29 is 14.6 Å². The molecule has 1 rings (SSSR count). The van der Waals surface area contributed by atoms with Crippen LogP contribution in [0.2, 0.25) is 0 Å². The highest BCUT2D eigenvalue weighted by molar-refractivity contribution is 5.66. The van der Waals surface area contributed by atoms with E-state index in [1.54, 1.807) is 0 Å². The molecule has 0 unspecified atom stereocenters. The van der Waals surface area contributed by atoms with Crippen LogP contribution in [0.4, 0.5) is 0 Å². The maximum Gasteiger partial charge on any atom is 0.303 e. The fourth-order valence-electron chi connectivity index (χ4n) is 2.02. The molecule has 0 aromatic heterocycles. The van der Waals surface area contributed by atoms with Gasteiger partial charge in [0.2, 0.25) is 0 Å². The molecule has 0 aliphatic heterocycles. The largest absolute Gasteiger partial charge is 0.494 e. The third-order valence-corrected chi connectivity index (χ3v) is 2.89. The molecule has 0 saturated heterocycles. The molecule has 1 aromatic carbocycles. The van der Waals surface area contributed by atoms with E-state index in [0.717, 1.165) is 12.2 Å². The van der Waals surface area contributed by atoms with Crippen LogP contribution < -0.4 is 4.74 Å². The molecule has 0 atom stereocenters. The number of hydrogen-bond donors (Lipinski definition) is 1. The minimum absolute atomic E-state index is 0.227. The summed E-state index contributed by atoms with van der Waals surface area (Å²) in [4.78, 5) is 10.5. The summed E-state index contributed by atoms with van der Waals surface area (Å²) in [5.41, 5.74) is 2.49. The molecule has 0 aliphatic rings. The van der Waals surface area contributed by atoms with E-state index in [9.17, 15) is 4.79 Å². The van der Waals surface area contributed by atoms with Crippen molar-refractivity contribution in [3.63, 3.8) is 0 Å².